The summed E-state index contributed by atoms with van der Waals surface area (Å²) in [4.78, 5) is 23.4. The molecule has 2 aromatic rings. The first-order valence-corrected chi connectivity index (χ1v) is 9.59. The lowest BCUT2D eigenvalue weighted by molar-refractivity contribution is -0.117. The molecule has 0 radical (unpaired) electrons. The highest BCUT2D eigenvalue weighted by molar-refractivity contribution is 7.99. The summed E-state index contributed by atoms with van der Waals surface area (Å²) in [5.41, 5.74) is 2.05. The first-order chi connectivity index (χ1) is 12.5. The van der Waals surface area contributed by atoms with Crippen molar-refractivity contribution in [3.8, 4) is 5.69 Å². The second-order valence-electron chi connectivity index (χ2n) is 6.07. The normalized spacial score (nSPS) is 10.8. The predicted octanol–water partition coefficient (Wildman–Crippen LogP) is 2.50. The van der Waals surface area contributed by atoms with Gasteiger partial charge in [0.2, 0.25) is 11.1 Å². The number of tetrazole rings is 1. The molecule has 0 bridgehead atoms. The summed E-state index contributed by atoms with van der Waals surface area (Å²) in [6.07, 6.45) is 1.85. The largest absolute Gasteiger partial charge is 0.338 e. The van der Waals surface area contributed by atoms with Crippen LogP contribution in [-0.2, 0) is 4.79 Å². The van der Waals surface area contributed by atoms with Gasteiger partial charge in [-0.3, -0.25) is 10.1 Å². The number of hydrogen-bond acceptors (Lipinski definition) is 6. The Morgan fingerprint density at radius 3 is 2.62 bits per heavy atom. The van der Waals surface area contributed by atoms with E-state index in [-0.39, 0.29) is 5.75 Å². The molecule has 1 aromatic heterocycles. The SMILES string of the molecule is CCCCNC(=O)NC(=O)CSc1nnnn1-c1ccc(C(C)C)cc1. The van der Waals surface area contributed by atoms with Crippen molar-refractivity contribution >= 4 is 23.7 Å². The molecule has 0 unspecified atom stereocenters. The number of imide groups is 1. The van der Waals surface area contributed by atoms with E-state index in [1.165, 1.54) is 17.3 Å². The van der Waals surface area contributed by atoms with E-state index in [1.807, 2.05) is 31.2 Å². The Labute approximate surface area is 157 Å². The maximum absolute atomic E-state index is 11.9. The van der Waals surface area contributed by atoms with Crippen molar-refractivity contribution < 1.29 is 9.59 Å². The number of carbonyl (C=O) groups is 2. The summed E-state index contributed by atoms with van der Waals surface area (Å²) in [5, 5.41) is 17.0. The average Bonchev–Trinajstić information content (AvgIpc) is 3.09. The summed E-state index contributed by atoms with van der Waals surface area (Å²) in [5.74, 6) is 0.0960. The molecule has 9 heteroatoms. The van der Waals surface area contributed by atoms with Crippen molar-refractivity contribution in [3.63, 3.8) is 0 Å². The van der Waals surface area contributed by atoms with Gasteiger partial charge in [-0.1, -0.05) is 51.1 Å². The van der Waals surface area contributed by atoms with Gasteiger partial charge in [0.1, 0.15) is 0 Å². The van der Waals surface area contributed by atoms with Crippen molar-refractivity contribution in [2.45, 2.75) is 44.7 Å². The fourth-order valence-electron chi connectivity index (χ4n) is 2.15. The Balaban J connectivity index is 1.90. The maximum Gasteiger partial charge on any atom is 0.321 e. The summed E-state index contributed by atoms with van der Waals surface area (Å²) in [6, 6.07) is 7.47. The van der Waals surface area contributed by atoms with Gasteiger partial charge in [0.05, 0.1) is 11.4 Å². The molecule has 8 nitrogen and oxygen atoms in total. The van der Waals surface area contributed by atoms with Gasteiger partial charge in [0.25, 0.3) is 0 Å². The lowest BCUT2D eigenvalue weighted by Gasteiger charge is -2.08. The van der Waals surface area contributed by atoms with E-state index in [1.54, 1.807) is 4.68 Å². The molecule has 1 heterocycles. The minimum absolute atomic E-state index is 0.0473. The number of carbonyl (C=O) groups excluding carboxylic acids is 2. The number of hydrogen-bond donors (Lipinski definition) is 2. The molecular formula is C17H24N6O2S. The van der Waals surface area contributed by atoms with Crippen LogP contribution in [0.5, 0.6) is 0 Å². The molecule has 1 aromatic carbocycles. The first kappa shape index (κ1) is 19.9. The monoisotopic (exact) mass is 376 g/mol. The van der Waals surface area contributed by atoms with Gasteiger partial charge >= 0.3 is 6.03 Å². The molecule has 0 fully saturated rings. The van der Waals surface area contributed by atoms with E-state index in [2.05, 4.69) is 40.0 Å². The predicted molar refractivity (Wildman–Crippen MR) is 100 cm³/mol. The van der Waals surface area contributed by atoms with Gasteiger partial charge in [0.15, 0.2) is 0 Å². The fraction of sp³-hybridized carbons (Fsp3) is 0.471. The molecular weight excluding hydrogens is 352 g/mol. The highest BCUT2D eigenvalue weighted by atomic mass is 32.2. The lowest BCUT2D eigenvalue weighted by Crippen LogP contribution is -2.40. The lowest BCUT2D eigenvalue weighted by atomic mass is 10.0. The van der Waals surface area contributed by atoms with Gasteiger partial charge in [-0.05, 0) is 40.5 Å². The fourth-order valence-corrected chi connectivity index (χ4v) is 2.84. The van der Waals surface area contributed by atoms with Crippen LogP contribution in [0.1, 0.15) is 45.1 Å². The highest BCUT2D eigenvalue weighted by Gasteiger charge is 2.13. The molecule has 3 amide bonds. The van der Waals surface area contributed by atoms with E-state index in [0.717, 1.165) is 18.5 Å². The third-order valence-corrected chi connectivity index (χ3v) is 4.57. The summed E-state index contributed by atoms with van der Waals surface area (Å²) >= 11 is 1.17. The molecule has 26 heavy (non-hydrogen) atoms. The summed E-state index contributed by atoms with van der Waals surface area (Å²) in [6.45, 7) is 6.84. The number of nitrogens with one attached hydrogen (secondary N) is 2. The van der Waals surface area contributed by atoms with E-state index >= 15 is 0 Å². The van der Waals surface area contributed by atoms with Crippen LogP contribution in [0.15, 0.2) is 29.4 Å². The smallest absolute Gasteiger partial charge is 0.321 e. The van der Waals surface area contributed by atoms with Crippen molar-refractivity contribution in [3.05, 3.63) is 29.8 Å². The molecule has 0 atom stereocenters. The number of unbranched alkanes of at least 4 members (excludes halogenated alkanes) is 1. The minimum atomic E-state index is -0.479. The first-order valence-electron chi connectivity index (χ1n) is 8.60. The minimum Gasteiger partial charge on any atom is -0.338 e. The number of nitrogens with zero attached hydrogens (tertiary/aromatic N) is 4. The van der Waals surface area contributed by atoms with Crippen LogP contribution < -0.4 is 10.6 Å². The standard InChI is InChI=1S/C17H24N6O2S/c1-4-5-10-18-16(25)19-15(24)11-26-17-20-21-22-23(17)14-8-6-13(7-9-14)12(2)3/h6-9,12H,4-5,10-11H2,1-3H3,(H2,18,19,24,25). The van der Waals surface area contributed by atoms with E-state index in [0.29, 0.717) is 17.6 Å². The number of rotatable bonds is 8. The molecule has 140 valence electrons. The van der Waals surface area contributed by atoms with Gasteiger partial charge in [-0.15, -0.1) is 5.10 Å². The molecule has 0 aliphatic rings. The number of aromatic nitrogens is 4. The van der Waals surface area contributed by atoms with Crippen LogP contribution in [0.3, 0.4) is 0 Å². The average molecular weight is 376 g/mol. The van der Waals surface area contributed by atoms with Crippen LogP contribution in [0.4, 0.5) is 4.79 Å². The van der Waals surface area contributed by atoms with Gasteiger partial charge in [0, 0.05) is 6.54 Å². The van der Waals surface area contributed by atoms with Crippen LogP contribution >= 0.6 is 11.8 Å². The van der Waals surface area contributed by atoms with E-state index in [9.17, 15) is 9.59 Å². The molecule has 0 saturated heterocycles. The Bertz CT molecular complexity index is 729. The summed E-state index contributed by atoms with van der Waals surface area (Å²) < 4.78 is 1.57. The third kappa shape index (κ3) is 5.83. The number of thioether (sulfide) groups is 1. The Morgan fingerprint density at radius 1 is 1.23 bits per heavy atom. The third-order valence-electron chi connectivity index (χ3n) is 3.65. The number of amides is 3. The van der Waals surface area contributed by atoms with Crippen LogP contribution in [0.25, 0.3) is 5.69 Å². The summed E-state index contributed by atoms with van der Waals surface area (Å²) in [7, 11) is 0. The molecule has 2 rings (SSSR count). The van der Waals surface area contributed by atoms with Gasteiger partial charge < -0.3 is 5.32 Å². The van der Waals surface area contributed by atoms with Crippen molar-refractivity contribution in [1.29, 1.82) is 0 Å². The van der Waals surface area contributed by atoms with Gasteiger partial charge in [-0.2, -0.15) is 4.68 Å². The second-order valence-corrected chi connectivity index (χ2v) is 7.01. The van der Waals surface area contributed by atoms with E-state index in [4.69, 9.17) is 0 Å². The Kier molecular flexibility index (Phi) is 7.58. The number of urea groups is 1. The van der Waals surface area contributed by atoms with E-state index < -0.39 is 11.9 Å². The van der Waals surface area contributed by atoms with Crippen molar-refractivity contribution in [1.82, 2.24) is 30.8 Å². The van der Waals surface area contributed by atoms with Crippen LogP contribution in [-0.4, -0.2) is 44.4 Å². The van der Waals surface area contributed by atoms with Gasteiger partial charge in [-0.25, -0.2) is 4.79 Å². The number of benzene rings is 1. The zero-order valence-corrected chi connectivity index (χ0v) is 16.0. The zero-order chi connectivity index (χ0) is 18.9. The molecule has 0 aliphatic carbocycles. The van der Waals surface area contributed by atoms with Crippen LogP contribution in [0, 0.1) is 0 Å². The molecule has 0 spiro atoms. The molecule has 0 aliphatic heterocycles. The zero-order valence-electron chi connectivity index (χ0n) is 15.2. The second kappa shape index (κ2) is 9.91. The Morgan fingerprint density at radius 2 is 1.96 bits per heavy atom. The quantitative estimate of drug-likeness (QED) is 0.542. The molecule has 2 N–H and O–H groups in total. The van der Waals surface area contributed by atoms with Crippen LogP contribution in [0.2, 0.25) is 0 Å². The van der Waals surface area contributed by atoms with Crippen molar-refractivity contribution in [2.24, 2.45) is 0 Å². The molecule has 0 saturated carbocycles. The maximum atomic E-state index is 11.9. The Hall–Kier alpha value is -2.42. The topological polar surface area (TPSA) is 102 Å². The highest BCUT2D eigenvalue weighted by Crippen LogP contribution is 2.20. The van der Waals surface area contributed by atoms with Crippen molar-refractivity contribution in [2.75, 3.05) is 12.3 Å².